The van der Waals surface area contributed by atoms with Crippen LogP contribution >= 0.6 is 0 Å². The molecule has 0 radical (unpaired) electrons. The van der Waals surface area contributed by atoms with Gasteiger partial charge in [0.25, 0.3) is 0 Å². The molecule has 1 amide bonds. The highest BCUT2D eigenvalue weighted by Gasteiger charge is 2.38. The molecule has 4 rings (SSSR count). The lowest BCUT2D eigenvalue weighted by Gasteiger charge is -2.37. The lowest BCUT2D eigenvalue weighted by Crippen LogP contribution is -2.52. The molecule has 0 aromatic rings. The first kappa shape index (κ1) is 16.8. The Labute approximate surface area is 146 Å². The minimum atomic E-state index is 0.118. The highest BCUT2D eigenvalue weighted by molar-refractivity contribution is 5.82. The van der Waals surface area contributed by atoms with Crippen molar-refractivity contribution in [2.24, 2.45) is 0 Å². The molecule has 2 atom stereocenters. The van der Waals surface area contributed by atoms with E-state index in [9.17, 15) is 4.79 Å². The molecule has 1 saturated carbocycles. The fourth-order valence-electron chi connectivity index (χ4n) is 4.96. The van der Waals surface area contributed by atoms with E-state index in [0.29, 0.717) is 11.9 Å². The summed E-state index contributed by atoms with van der Waals surface area (Å²) in [6.07, 6.45) is 9.80. The third-order valence-corrected chi connectivity index (χ3v) is 6.62. The second-order valence-corrected chi connectivity index (χ2v) is 8.07. The van der Waals surface area contributed by atoms with Crippen molar-refractivity contribution in [2.75, 3.05) is 45.9 Å². The van der Waals surface area contributed by atoms with Crippen LogP contribution in [0, 0.1) is 0 Å². The van der Waals surface area contributed by atoms with E-state index in [4.69, 9.17) is 4.74 Å². The largest absolute Gasteiger partial charge is 0.380 e. The van der Waals surface area contributed by atoms with Gasteiger partial charge in [-0.15, -0.1) is 0 Å². The van der Waals surface area contributed by atoms with Crippen LogP contribution < -0.4 is 0 Å². The Bertz CT molecular complexity index is 434. The number of amides is 1. The molecule has 4 fully saturated rings. The molecule has 3 aliphatic heterocycles. The third kappa shape index (κ3) is 3.49. The molecule has 136 valence electrons. The van der Waals surface area contributed by atoms with E-state index in [2.05, 4.69) is 14.7 Å². The predicted octanol–water partition coefficient (Wildman–Crippen LogP) is 1.72. The van der Waals surface area contributed by atoms with Gasteiger partial charge >= 0.3 is 0 Å². The summed E-state index contributed by atoms with van der Waals surface area (Å²) in [6, 6.07) is 1.39. The van der Waals surface area contributed by atoms with E-state index in [0.717, 1.165) is 71.1 Å². The van der Waals surface area contributed by atoms with Gasteiger partial charge in [-0.1, -0.05) is 6.42 Å². The fourth-order valence-corrected chi connectivity index (χ4v) is 4.96. The molecule has 5 heteroatoms. The average molecular weight is 335 g/mol. The zero-order chi connectivity index (χ0) is 16.4. The number of hydrogen-bond acceptors (Lipinski definition) is 4. The van der Waals surface area contributed by atoms with Crippen molar-refractivity contribution >= 4 is 5.91 Å². The van der Waals surface area contributed by atoms with Crippen LogP contribution in [0.3, 0.4) is 0 Å². The van der Waals surface area contributed by atoms with E-state index in [1.165, 1.54) is 32.2 Å². The number of carbonyl (C=O) groups is 1. The average Bonchev–Trinajstić information content (AvgIpc) is 2.94. The van der Waals surface area contributed by atoms with Gasteiger partial charge in [-0.2, -0.15) is 0 Å². The van der Waals surface area contributed by atoms with Crippen molar-refractivity contribution in [3.05, 3.63) is 0 Å². The van der Waals surface area contributed by atoms with Crippen molar-refractivity contribution in [2.45, 2.75) is 69.5 Å². The van der Waals surface area contributed by atoms with Crippen molar-refractivity contribution in [3.63, 3.8) is 0 Å². The van der Waals surface area contributed by atoms with E-state index in [1.54, 1.807) is 0 Å². The lowest BCUT2D eigenvalue weighted by molar-refractivity contribution is -0.137. The molecule has 3 saturated heterocycles. The Morgan fingerprint density at radius 1 is 0.792 bits per heavy atom. The van der Waals surface area contributed by atoms with Gasteiger partial charge in [-0.3, -0.25) is 14.6 Å². The van der Waals surface area contributed by atoms with Gasteiger partial charge in [0.2, 0.25) is 5.91 Å². The molecule has 3 heterocycles. The molecule has 0 aromatic heterocycles. The fraction of sp³-hybridized carbons (Fsp3) is 0.947. The highest BCUT2D eigenvalue weighted by atomic mass is 16.5. The summed E-state index contributed by atoms with van der Waals surface area (Å²) >= 11 is 0. The summed E-state index contributed by atoms with van der Waals surface area (Å²) in [5.74, 6) is 0.397. The standard InChI is InChI=1S/C19H33N3O2/c23-19(18-8-2-11-22(18)17-7-3-14-24-15-17)21-10-4-9-20(12-13-21)16-5-1-6-16/h16-18H,1-15H2/t17?,18-/m1/s1. The Morgan fingerprint density at radius 2 is 1.67 bits per heavy atom. The third-order valence-electron chi connectivity index (χ3n) is 6.62. The quantitative estimate of drug-likeness (QED) is 0.787. The number of carbonyl (C=O) groups excluding carboxylic acids is 1. The van der Waals surface area contributed by atoms with Gasteiger partial charge in [-0.05, 0) is 51.5 Å². The van der Waals surface area contributed by atoms with Crippen molar-refractivity contribution in [1.29, 1.82) is 0 Å². The molecule has 0 bridgehead atoms. The summed E-state index contributed by atoms with van der Waals surface area (Å²) in [5.41, 5.74) is 0. The van der Waals surface area contributed by atoms with Crippen LogP contribution in [0.15, 0.2) is 0 Å². The molecule has 5 nitrogen and oxygen atoms in total. The molecular formula is C19H33N3O2. The van der Waals surface area contributed by atoms with E-state index in [-0.39, 0.29) is 6.04 Å². The molecular weight excluding hydrogens is 302 g/mol. The Hall–Kier alpha value is -0.650. The molecule has 0 spiro atoms. The normalized spacial score (nSPS) is 34.1. The van der Waals surface area contributed by atoms with Gasteiger partial charge in [-0.25, -0.2) is 0 Å². The monoisotopic (exact) mass is 335 g/mol. The van der Waals surface area contributed by atoms with Crippen LogP contribution in [0.2, 0.25) is 0 Å². The maximum absolute atomic E-state index is 13.2. The topological polar surface area (TPSA) is 36.0 Å². The Morgan fingerprint density at radius 3 is 2.42 bits per heavy atom. The van der Waals surface area contributed by atoms with Gasteiger partial charge in [0.1, 0.15) is 0 Å². The number of hydrogen-bond donors (Lipinski definition) is 0. The number of nitrogens with zero attached hydrogens (tertiary/aromatic N) is 3. The number of rotatable bonds is 3. The van der Waals surface area contributed by atoms with Crippen LogP contribution in [-0.4, -0.2) is 84.7 Å². The summed E-state index contributed by atoms with van der Waals surface area (Å²) < 4.78 is 5.67. The maximum Gasteiger partial charge on any atom is 0.239 e. The molecule has 0 aromatic carbocycles. The molecule has 1 unspecified atom stereocenters. The minimum absolute atomic E-state index is 0.118. The summed E-state index contributed by atoms with van der Waals surface area (Å²) in [4.78, 5) is 20.5. The van der Waals surface area contributed by atoms with Crippen LogP contribution in [0.1, 0.15) is 51.4 Å². The van der Waals surface area contributed by atoms with Crippen LogP contribution in [0.25, 0.3) is 0 Å². The van der Waals surface area contributed by atoms with Crippen molar-refractivity contribution in [3.8, 4) is 0 Å². The molecule has 1 aliphatic carbocycles. The molecule has 4 aliphatic rings. The van der Waals surface area contributed by atoms with Gasteiger partial charge in [0.05, 0.1) is 12.6 Å². The zero-order valence-electron chi connectivity index (χ0n) is 15.0. The summed E-state index contributed by atoms with van der Waals surface area (Å²) in [6.45, 7) is 6.93. The first-order valence-corrected chi connectivity index (χ1v) is 10.2. The summed E-state index contributed by atoms with van der Waals surface area (Å²) in [5, 5.41) is 0. The minimum Gasteiger partial charge on any atom is -0.380 e. The van der Waals surface area contributed by atoms with Crippen molar-refractivity contribution < 1.29 is 9.53 Å². The number of likely N-dealkylation sites (tertiary alicyclic amines) is 1. The molecule has 0 N–H and O–H groups in total. The maximum atomic E-state index is 13.2. The van der Waals surface area contributed by atoms with E-state index in [1.807, 2.05) is 0 Å². The van der Waals surface area contributed by atoms with Crippen molar-refractivity contribution in [1.82, 2.24) is 14.7 Å². The smallest absolute Gasteiger partial charge is 0.239 e. The first-order chi connectivity index (χ1) is 11.8. The predicted molar refractivity (Wildman–Crippen MR) is 94.0 cm³/mol. The highest BCUT2D eigenvalue weighted by Crippen LogP contribution is 2.28. The Balaban J connectivity index is 1.35. The van der Waals surface area contributed by atoms with Crippen LogP contribution in [0.4, 0.5) is 0 Å². The second-order valence-electron chi connectivity index (χ2n) is 8.07. The Kier molecular flexibility index (Phi) is 5.40. The van der Waals surface area contributed by atoms with Gasteiger partial charge in [0.15, 0.2) is 0 Å². The van der Waals surface area contributed by atoms with Crippen LogP contribution in [0.5, 0.6) is 0 Å². The van der Waals surface area contributed by atoms with E-state index < -0.39 is 0 Å². The lowest BCUT2D eigenvalue weighted by atomic mass is 9.91. The SMILES string of the molecule is O=C([C@H]1CCCN1C1CCCOC1)N1CCCN(C2CCC2)CC1. The second kappa shape index (κ2) is 7.71. The molecule has 24 heavy (non-hydrogen) atoms. The van der Waals surface area contributed by atoms with E-state index >= 15 is 0 Å². The van der Waals surface area contributed by atoms with Gasteiger partial charge < -0.3 is 9.64 Å². The van der Waals surface area contributed by atoms with Gasteiger partial charge in [0, 0.05) is 44.9 Å². The summed E-state index contributed by atoms with van der Waals surface area (Å²) in [7, 11) is 0. The number of ether oxygens (including phenoxy) is 1. The first-order valence-electron chi connectivity index (χ1n) is 10.2. The van der Waals surface area contributed by atoms with Crippen LogP contribution in [-0.2, 0) is 9.53 Å². The zero-order valence-corrected chi connectivity index (χ0v) is 15.0.